The van der Waals surface area contributed by atoms with E-state index in [1.54, 1.807) is 30.6 Å². The molecule has 0 fully saturated rings. The van der Waals surface area contributed by atoms with Crippen molar-refractivity contribution in [2.24, 2.45) is 0 Å². The van der Waals surface area contributed by atoms with Crippen molar-refractivity contribution >= 4 is 65.2 Å². The molecule has 6 aromatic rings. The van der Waals surface area contributed by atoms with Crippen LogP contribution in [0.5, 0.6) is 11.5 Å². The summed E-state index contributed by atoms with van der Waals surface area (Å²) in [6.45, 7) is 16.0. The molecule has 2 heterocycles. The van der Waals surface area contributed by atoms with Crippen molar-refractivity contribution in [1.82, 2.24) is 19.7 Å². The fourth-order valence-electron chi connectivity index (χ4n) is 7.06. The van der Waals surface area contributed by atoms with Crippen LogP contribution in [0.1, 0.15) is 60.2 Å². The highest BCUT2D eigenvalue weighted by Crippen LogP contribution is 2.44. The highest BCUT2D eigenvalue weighted by Gasteiger charge is 2.38. The van der Waals surface area contributed by atoms with Gasteiger partial charge in [0.1, 0.15) is 23.7 Å². The van der Waals surface area contributed by atoms with Gasteiger partial charge in [-0.15, -0.1) is 11.8 Å². The second-order valence-corrected chi connectivity index (χ2v) is 22.5. The van der Waals surface area contributed by atoms with Gasteiger partial charge in [0, 0.05) is 62.4 Å². The highest BCUT2D eigenvalue weighted by molar-refractivity contribution is 7.98. The quantitative estimate of drug-likeness (QED) is 0.0444. The number of benzene rings is 4. The Morgan fingerprint density at radius 2 is 1.69 bits per heavy atom. The van der Waals surface area contributed by atoms with Gasteiger partial charge in [0.25, 0.3) is 0 Å². The molecule has 0 saturated carbocycles. The van der Waals surface area contributed by atoms with Crippen LogP contribution >= 0.6 is 23.4 Å². The molecule has 0 bridgehead atoms. The van der Waals surface area contributed by atoms with Gasteiger partial charge in [0.05, 0.1) is 33.1 Å². The number of likely N-dealkylation sites (N-methyl/N-ethyl adjacent to an activating group) is 1. The van der Waals surface area contributed by atoms with Crippen molar-refractivity contribution < 1.29 is 28.2 Å². The van der Waals surface area contributed by atoms with Crippen LogP contribution in [-0.2, 0) is 39.4 Å². The lowest BCUT2D eigenvalue weighted by atomic mass is 9.97. The second kappa shape index (κ2) is 18.2. The Morgan fingerprint density at radius 3 is 2.37 bits per heavy atom. The molecule has 2 aromatic heterocycles. The molecule has 0 aliphatic heterocycles. The van der Waals surface area contributed by atoms with E-state index in [0.717, 1.165) is 66.2 Å². The summed E-state index contributed by atoms with van der Waals surface area (Å²) in [6.07, 6.45) is 0.609. The minimum absolute atomic E-state index is 0.0236. The lowest BCUT2D eigenvalue weighted by Gasteiger charge is -2.36. The molecule has 13 heteroatoms. The Morgan fingerprint density at radius 1 is 0.966 bits per heavy atom. The van der Waals surface area contributed by atoms with E-state index in [4.69, 9.17) is 35.3 Å². The SMILES string of the molecule is CNC(=O)Cn1nc(CO[Si](C)(C)C(C)(C)C)c(-c2c(Cl)ccc3c2c(C)c(C(=O)OC)n3CCCOc2cc(SCc3ccc(OC)cc3)cc3ccccc23)c1C. The summed E-state index contributed by atoms with van der Waals surface area (Å²) >= 11 is 8.92. The van der Waals surface area contributed by atoms with Crippen LogP contribution < -0.4 is 14.8 Å². The normalized spacial score (nSPS) is 12.0. The minimum Gasteiger partial charge on any atom is -0.497 e. The number of thioether (sulfide) groups is 1. The number of methoxy groups -OCH3 is 2. The topological polar surface area (TPSA) is 106 Å². The van der Waals surface area contributed by atoms with E-state index in [0.29, 0.717) is 36.0 Å². The molecule has 312 valence electrons. The van der Waals surface area contributed by atoms with E-state index in [-0.39, 0.29) is 24.1 Å². The highest BCUT2D eigenvalue weighted by atomic mass is 35.5. The number of ether oxygens (including phenoxy) is 3. The summed E-state index contributed by atoms with van der Waals surface area (Å²) < 4.78 is 27.7. The van der Waals surface area contributed by atoms with E-state index in [2.05, 4.69) is 75.6 Å². The molecule has 4 aromatic carbocycles. The van der Waals surface area contributed by atoms with Gasteiger partial charge < -0.3 is 28.5 Å². The molecule has 0 atom stereocenters. The predicted molar refractivity (Wildman–Crippen MR) is 242 cm³/mol. The van der Waals surface area contributed by atoms with Crippen LogP contribution in [0, 0.1) is 13.8 Å². The van der Waals surface area contributed by atoms with E-state index < -0.39 is 14.3 Å². The standard InChI is InChI=1S/C46H55ClN4O6SSi/c1-29-41-38(21-20-36(47)43(41)42-30(2)51(26-40(52)48-6)49-37(42)27-57-59(9,10)46(3,4)5)50(44(29)45(53)55-8)22-13-23-56-39-25-34(24-32-14-11-12-15-35(32)39)58-28-31-16-18-33(54-7)19-17-31/h11-12,14-21,24-25H,13,22-23,26-28H2,1-10H3,(H,48,52). The van der Waals surface area contributed by atoms with Crippen LogP contribution in [0.25, 0.3) is 32.8 Å². The van der Waals surface area contributed by atoms with E-state index in [9.17, 15) is 9.59 Å². The Kier molecular flexibility index (Phi) is 13.6. The summed E-state index contributed by atoms with van der Waals surface area (Å²) in [5.41, 5.74) is 6.22. The number of hydrogen-bond acceptors (Lipinski definition) is 8. The summed E-state index contributed by atoms with van der Waals surface area (Å²) in [7, 11) is 2.49. The lowest BCUT2D eigenvalue weighted by molar-refractivity contribution is -0.121. The maximum Gasteiger partial charge on any atom is 0.354 e. The van der Waals surface area contributed by atoms with Crippen molar-refractivity contribution in [2.45, 2.75) is 89.5 Å². The summed E-state index contributed by atoms with van der Waals surface area (Å²) in [5, 5.41) is 11.1. The largest absolute Gasteiger partial charge is 0.497 e. The van der Waals surface area contributed by atoms with Gasteiger partial charge in [-0.3, -0.25) is 9.48 Å². The molecule has 0 aliphatic carbocycles. The van der Waals surface area contributed by atoms with Crippen molar-refractivity contribution in [3.05, 3.63) is 106 Å². The maximum absolute atomic E-state index is 13.6. The Balaban J connectivity index is 1.33. The van der Waals surface area contributed by atoms with E-state index in [1.807, 2.05) is 54.8 Å². The first-order valence-corrected chi connectivity index (χ1v) is 24.1. The van der Waals surface area contributed by atoms with Crippen LogP contribution in [0.15, 0.2) is 77.7 Å². The number of nitrogens with one attached hydrogen (secondary N) is 1. The van der Waals surface area contributed by atoms with Gasteiger partial charge >= 0.3 is 5.97 Å². The van der Waals surface area contributed by atoms with Crippen molar-refractivity contribution in [3.8, 4) is 22.6 Å². The first-order valence-electron chi connectivity index (χ1n) is 19.8. The Bertz CT molecular complexity index is 2490. The third kappa shape index (κ3) is 9.36. The fourth-order valence-corrected chi connectivity index (χ4v) is 9.17. The number of esters is 1. The molecular formula is C46H55ClN4O6SSi. The smallest absolute Gasteiger partial charge is 0.354 e. The van der Waals surface area contributed by atoms with Crippen LogP contribution in [0.3, 0.4) is 0 Å². The third-order valence-corrected chi connectivity index (χ3v) is 17.3. The average molecular weight is 856 g/mol. The summed E-state index contributed by atoms with van der Waals surface area (Å²) in [5.74, 6) is 1.84. The monoisotopic (exact) mass is 854 g/mol. The molecule has 0 aliphatic rings. The third-order valence-electron chi connectivity index (χ3n) is 11.4. The summed E-state index contributed by atoms with van der Waals surface area (Å²) in [4.78, 5) is 27.3. The first kappa shape index (κ1) is 43.8. The van der Waals surface area contributed by atoms with Gasteiger partial charge in [0.2, 0.25) is 5.91 Å². The van der Waals surface area contributed by atoms with Gasteiger partial charge in [-0.25, -0.2) is 4.79 Å². The van der Waals surface area contributed by atoms with Crippen LogP contribution in [0.4, 0.5) is 0 Å². The van der Waals surface area contributed by atoms with Gasteiger partial charge in [-0.2, -0.15) is 5.10 Å². The Hall–Kier alpha value is -4.75. The van der Waals surface area contributed by atoms with Gasteiger partial charge in [-0.1, -0.05) is 68.8 Å². The lowest BCUT2D eigenvalue weighted by Crippen LogP contribution is -2.40. The van der Waals surface area contributed by atoms with Crippen molar-refractivity contribution in [2.75, 3.05) is 27.9 Å². The molecule has 0 spiro atoms. The predicted octanol–water partition coefficient (Wildman–Crippen LogP) is 10.8. The first-order chi connectivity index (χ1) is 28.1. The van der Waals surface area contributed by atoms with Crippen molar-refractivity contribution in [1.29, 1.82) is 0 Å². The maximum atomic E-state index is 13.6. The Labute approximate surface area is 357 Å². The van der Waals surface area contributed by atoms with Gasteiger partial charge in [0.15, 0.2) is 8.32 Å². The van der Waals surface area contributed by atoms with Crippen LogP contribution in [-0.4, -0.2) is 62.4 Å². The number of amides is 1. The number of nitrogens with zero attached hydrogens (tertiary/aromatic N) is 3. The molecule has 0 saturated heterocycles. The number of aromatic nitrogens is 3. The number of halogens is 1. The van der Waals surface area contributed by atoms with Gasteiger partial charge in [-0.05, 0) is 91.3 Å². The fraction of sp³-hybridized carbons (Fsp3) is 0.370. The molecule has 6 rings (SSSR count). The summed E-state index contributed by atoms with van der Waals surface area (Å²) in [6, 6.07) is 24.5. The molecular weight excluding hydrogens is 800 g/mol. The number of fused-ring (bicyclic) bond motifs is 2. The molecule has 1 amide bonds. The number of hydrogen-bond donors (Lipinski definition) is 1. The number of rotatable bonds is 16. The minimum atomic E-state index is -2.19. The van der Waals surface area contributed by atoms with Crippen molar-refractivity contribution in [3.63, 3.8) is 0 Å². The number of carbonyl (C=O) groups is 2. The zero-order valence-corrected chi connectivity index (χ0v) is 38.3. The number of aryl methyl sites for hydroxylation is 2. The molecule has 1 N–H and O–H groups in total. The molecule has 0 radical (unpaired) electrons. The van der Waals surface area contributed by atoms with Crippen LogP contribution in [0.2, 0.25) is 23.2 Å². The number of carbonyl (C=O) groups excluding carboxylic acids is 2. The molecule has 59 heavy (non-hydrogen) atoms. The van der Waals surface area contributed by atoms with E-state index in [1.165, 1.54) is 12.7 Å². The average Bonchev–Trinajstić information content (AvgIpc) is 3.68. The molecule has 10 nitrogen and oxygen atoms in total. The molecule has 0 unspecified atom stereocenters. The second-order valence-electron chi connectivity index (χ2n) is 16.2. The van der Waals surface area contributed by atoms with E-state index >= 15 is 0 Å². The zero-order valence-electron chi connectivity index (χ0n) is 35.7. The zero-order chi connectivity index (χ0) is 42.6.